The van der Waals surface area contributed by atoms with E-state index in [1.807, 2.05) is 11.3 Å². The molecule has 0 aliphatic heterocycles. The fourth-order valence-corrected chi connectivity index (χ4v) is 3.54. The van der Waals surface area contributed by atoms with E-state index >= 15 is 0 Å². The Bertz CT molecular complexity index is 331. The first-order valence-electron chi connectivity index (χ1n) is 6.45. The van der Waals surface area contributed by atoms with Gasteiger partial charge in [0.1, 0.15) is 0 Å². The fourth-order valence-electron chi connectivity index (χ4n) is 2.68. The highest BCUT2D eigenvalue weighted by molar-refractivity contribution is 7.10. The molecule has 90 valence electrons. The molecule has 1 aliphatic rings. The minimum absolute atomic E-state index is 0.727. The Hall–Kier alpha value is -0.340. The van der Waals surface area contributed by atoms with Crippen molar-refractivity contribution >= 4 is 11.3 Å². The van der Waals surface area contributed by atoms with E-state index in [-0.39, 0.29) is 0 Å². The Balaban J connectivity index is 1.88. The average Bonchev–Trinajstić information content (AvgIpc) is 2.67. The third kappa shape index (κ3) is 2.67. The first-order valence-corrected chi connectivity index (χ1v) is 7.33. The largest absolute Gasteiger partial charge is 0.309 e. The summed E-state index contributed by atoms with van der Waals surface area (Å²) in [6, 6.07) is 2.94. The summed E-state index contributed by atoms with van der Waals surface area (Å²) in [5.41, 5.74) is 1.44. The van der Waals surface area contributed by atoms with Gasteiger partial charge in [0.05, 0.1) is 0 Å². The summed E-state index contributed by atoms with van der Waals surface area (Å²) >= 11 is 1.88. The van der Waals surface area contributed by atoms with Crippen LogP contribution in [0.5, 0.6) is 0 Å². The van der Waals surface area contributed by atoms with E-state index in [9.17, 15) is 0 Å². The van der Waals surface area contributed by atoms with Crippen LogP contribution in [0.4, 0.5) is 0 Å². The molecule has 0 saturated heterocycles. The Kier molecular flexibility index (Phi) is 4.04. The molecule has 1 heterocycles. The molecule has 0 radical (unpaired) electrons. The second-order valence-electron chi connectivity index (χ2n) is 5.28. The lowest BCUT2D eigenvalue weighted by atomic mass is 9.78. The first kappa shape index (κ1) is 12.1. The van der Waals surface area contributed by atoms with Crippen LogP contribution in [0.1, 0.15) is 43.6 Å². The van der Waals surface area contributed by atoms with Crippen LogP contribution in [0.25, 0.3) is 0 Å². The molecule has 0 unspecified atom stereocenters. The van der Waals surface area contributed by atoms with Crippen molar-refractivity contribution in [1.29, 1.82) is 0 Å². The van der Waals surface area contributed by atoms with Crippen molar-refractivity contribution < 1.29 is 0 Å². The molecule has 1 fully saturated rings. The average molecular weight is 237 g/mol. The van der Waals surface area contributed by atoms with Crippen molar-refractivity contribution in [1.82, 2.24) is 5.32 Å². The molecule has 1 nitrogen and oxygen atoms in total. The van der Waals surface area contributed by atoms with Gasteiger partial charge < -0.3 is 5.32 Å². The van der Waals surface area contributed by atoms with Gasteiger partial charge in [0.25, 0.3) is 0 Å². The van der Waals surface area contributed by atoms with Crippen molar-refractivity contribution in [2.75, 3.05) is 0 Å². The summed E-state index contributed by atoms with van der Waals surface area (Å²) in [4.78, 5) is 1.51. The zero-order chi connectivity index (χ0) is 11.5. The zero-order valence-corrected chi connectivity index (χ0v) is 11.4. The van der Waals surface area contributed by atoms with Crippen LogP contribution >= 0.6 is 11.3 Å². The van der Waals surface area contributed by atoms with Gasteiger partial charge in [-0.1, -0.05) is 26.7 Å². The van der Waals surface area contributed by atoms with Crippen LogP contribution in [0.2, 0.25) is 0 Å². The molecule has 2 rings (SSSR count). The molecule has 16 heavy (non-hydrogen) atoms. The molecule has 1 aromatic heterocycles. The van der Waals surface area contributed by atoms with Gasteiger partial charge in [0.2, 0.25) is 0 Å². The highest BCUT2D eigenvalue weighted by Crippen LogP contribution is 2.30. The zero-order valence-electron chi connectivity index (χ0n) is 10.6. The number of aryl methyl sites for hydroxylation is 1. The highest BCUT2D eigenvalue weighted by atomic mass is 32.1. The van der Waals surface area contributed by atoms with E-state index in [0.717, 1.165) is 24.4 Å². The molecule has 1 aromatic rings. The van der Waals surface area contributed by atoms with Crippen LogP contribution in [-0.2, 0) is 6.54 Å². The second-order valence-corrected chi connectivity index (χ2v) is 6.28. The second kappa shape index (κ2) is 5.33. The number of rotatable bonds is 3. The van der Waals surface area contributed by atoms with Crippen molar-refractivity contribution in [3.05, 3.63) is 21.9 Å². The van der Waals surface area contributed by atoms with Gasteiger partial charge in [-0.2, -0.15) is 0 Å². The van der Waals surface area contributed by atoms with Crippen molar-refractivity contribution in [3.63, 3.8) is 0 Å². The predicted molar refractivity (Wildman–Crippen MR) is 71.9 cm³/mol. The maximum absolute atomic E-state index is 3.76. The molecule has 2 heteroatoms. The maximum atomic E-state index is 3.76. The summed E-state index contributed by atoms with van der Waals surface area (Å²) in [5.74, 6) is 1.71. The van der Waals surface area contributed by atoms with E-state index in [4.69, 9.17) is 0 Å². The molecule has 0 aromatic carbocycles. The summed E-state index contributed by atoms with van der Waals surface area (Å²) in [6.07, 6.45) is 4.17. The SMILES string of the molecule is Cc1ccsc1CN[C@@H]1CCC[C@@H](C)[C@H]1C. The highest BCUT2D eigenvalue weighted by Gasteiger charge is 2.26. The van der Waals surface area contributed by atoms with Crippen LogP contribution < -0.4 is 5.32 Å². The lowest BCUT2D eigenvalue weighted by Gasteiger charge is -2.34. The van der Waals surface area contributed by atoms with Gasteiger partial charge in [-0.05, 0) is 42.2 Å². The maximum Gasteiger partial charge on any atom is 0.0305 e. The molecule has 3 atom stereocenters. The van der Waals surface area contributed by atoms with E-state index in [2.05, 4.69) is 37.5 Å². The Morgan fingerprint density at radius 1 is 1.38 bits per heavy atom. The van der Waals surface area contributed by atoms with Crippen LogP contribution in [0.15, 0.2) is 11.4 Å². The van der Waals surface area contributed by atoms with Crippen LogP contribution in [-0.4, -0.2) is 6.04 Å². The minimum atomic E-state index is 0.727. The van der Waals surface area contributed by atoms with E-state index in [0.29, 0.717) is 0 Å². The molecule has 0 spiro atoms. The summed E-state index contributed by atoms with van der Waals surface area (Å²) in [7, 11) is 0. The van der Waals surface area contributed by atoms with E-state index in [1.165, 1.54) is 29.7 Å². The smallest absolute Gasteiger partial charge is 0.0305 e. The Labute approximate surface area is 103 Å². The normalized spacial score (nSPS) is 30.6. The summed E-state index contributed by atoms with van der Waals surface area (Å²) in [6.45, 7) is 8.07. The fraction of sp³-hybridized carbons (Fsp3) is 0.714. The summed E-state index contributed by atoms with van der Waals surface area (Å²) < 4.78 is 0. The first-order chi connectivity index (χ1) is 7.68. The standard InChI is InChI=1S/C14H23NS/c1-10-5-4-6-13(12(10)3)15-9-14-11(2)7-8-16-14/h7-8,10,12-13,15H,4-6,9H2,1-3H3/t10-,12-,13-/m1/s1. The third-order valence-corrected chi connectivity index (χ3v) is 5.22. The van der Waals surface area contributed by atoms with E-state index in [1.54, 1.807) is 0 Å². The van der Waals surface area contributed by atoms with Crippen molar-refractivity contribution in [3.8, 4) is 0 Å². The summed E-state index contributed by atoms with van der Waals surface area (Å²) in [5, 5.41) is 5.95. The molecule has 0 amide bonds. The third-order valence-electron chi connectivity index (χ3n) is 4.20. The number of thiophene rings is 1. The van der Waals surface area contributed by atoms with Crippen molar-refractivity contribution in [2.45, 2.75) is 52.6 Å². The van der Waals surface area contributed by atoms with Gasteiger partial charge in [0.15, 0.2) is 0 Å². The lowest BCUT2D eigenvalue weighted by molar-refractivity contribution is 0.206. The van der Waals surface area contributed by atoms with Gasteiger partial charge in [-0.3, -0.25) is 0 Å². The lowest BCUT2D eigenvalue weighted by Crippen LogP contribution is -2.40. The number of hydrogen-bond acceptors (Lipinski definition) is 2. The van der Waals surface area contributed by atoms with E-state index < -0.39 is 0 Å². The number of nitrogens with one attached hydrogen (secondary N) is 1. The van der Waals surface area contributed by atoms with Gasteiger partial charge in [-0.15, -0.1) is 11.3 Å². The number of hydrogen-bond donors (Lipinski definition) is 1. The minimum Gasteiger partial charge on any atom is -0.309 e. The topological polar surface area (TPSA) is 12.0 Å². The molecule has 1 N–H and O–H groups in total. The van der Waals surface area contributed by atoms with Crippen LogP contribution in [0, 0.1) is 18.8 Å². The molecule has 0 bridgehead atoms. The molecule has 1 saturated carbocycles. The molecular formula is C14H23NS. The van der Waals surface area contributed by atoms with Gasteiger partial charge >= 0.3 is 0 Å². The Morgan fingerprint density at radius 2 is 2.19 bits per heavy atom. The molecule has 1 aliphatic carbocycles. The van der Waals surface area contributed by atoms with Gasteiger partial charge in [0, 0.05) is 17.5 Å². The van der Waals surface area contributed by atoms with Crippen molar-refractivity contribution in [2.24, 2.45) is 11.8 Å². The van der Waals surface area contributed by atoms with Crippen LogP contribution in [0.3, 0.4) is 0 Å². The monoisotopic (exact) mass is 237 g/mol. The van der Waals surface area contributed by atoms with Gasteiger partial charge in [-0.25, -0.2) is 0 Å². The quantitative estimate of drug-likeness (QED) is 0.838. The predicted octanol–water partition coefficient (Wildman–Crippen LogP) is 3.97. The Morgan fingerprint density at radius 3 is 2.88 bits per heavy atom. The molecular weight excluding hydrogens is 214 g/mol.